The molecule has 10 heteroatoms. The van der Waals surface area contributed by atoms with Gasteiger partial charge in [-0.05, 0) is 6.92 Å². The second-order valence-corrected chi connectivity index (χ2v) is 5.51. The Labute approximate surface area is 120 Å². The van der Waals surface area contributed by atoms with Crippen LogP contribution >= 0.6 is 11.8 Å². The minimum atomic E-state index is 0.311. The molecule has 1 fully saturated rings. The van der Waals surface area contributed by atoms with Gasteiger partial charge in [-0.25, -0.2) is 10.8 Å². The van der Waals surface area contributed by atoms with Crippen molar-refractivity contribution in [1.82, 2.24) is 29.7 Å². The zero-order valence-electron chi connectivity index (χ0n) is 11.0. The molecule has 1 saturated heterocycles. The highest BCUT2D eigenvalue weighted by Gasteiger charge is 2.22. The van der Waals surface area contributed by atoms with Gasteiger partial charge < -0.3 is 4.90 Å². The van der Waals surface area contributed by atoms with Gasteiger partial charge in [0.1, 0.15) is 12.7 Å². The minimum absolute atomic E-state index is 0.311. The normalized spacial score (nSPS) is 19.1. The lowest BCUT2D eigenvalue weighted by Gasteiger charge is -2.33. The number of hydrogen-bond acceptors (Lipinski definition) is 9. The summed E-state index contributed by atoms with van der Waals surface area (Å²) in [6.07, 6.45) is 2.97. The third kappa shape index (κ3) is 2.51. The van der Waals surface area contributed by atoms with Crippen LogP contribution in [0.1, 0.15) is 6.92 Å². The van der Waals surface area contributed by atoms with E-state index < -0.39 is 0 Å². The molecule has 3 heterocycles. The average molecular weight is 293 g/mol. The summed E-state index contributed by atoms with van der Waals surface area (Å²) in [5, 5.41) is 4.03. The number of aromatic nitrogens is 6. The van der Waals surface area contributed by atoms with E-state index in [2.05, 4.69) is 42.3 Å². The van der Waals surface area contributed by atoms with Gasteiger partial charge in [0.2, 0.25) is 11.9 Å². The third-order valence-electron chi connectivity index (χ3n) is 2.99. The molecule has 0 spiro atoms. The van der Waals surface area contributed by atoms with E-state index in [0.29, 0.717) is 23.9 Å². The van der Waals surface area contributed by atoms with Gasteiger partial charge in [0.25, 0.3) is 5.95 Å². The first-order chi connectivity index (χ1) is 9.78. The smallest absolute Gasteiger partial charge is 0.258 e. The van der Waals surface area contributed by atoms with Gasteiger partial charge in [0, 0.05) is 24.1 Å². The zero-order chi connectivity index (χ0) is 13.9. The summed E-state index contributed by atoms with van der Waals surface area (Å²) in [6.45, 7) is 3.05. The number of thioether (sulfide) groups is 1. The van der Waals surface area contributed by atoms with Crippen LogP contribution in [0.5, 0.6) is 0 Å². The lowest BCUT2D eigenvalue weighted by Crippen LogP contribution is -2.41. The first-order valence-electron chi connectivity index (χ1n) is 6.20. The van der Waals surface area contributed by atoms with Gasteiger partial charge in [0.15, 0.2) is 0 Å². The fraction of sp³-hybridized carbons (Fsp3) is 0.500. The van der Waals surface area contributed by atoms with Gasteiger partial charge in [-0.1, -0.05) is 0 Å². The van der Waals surface area contributed by atoms with Crippen LogP contribution in [-0.4, -0.2) is 53.8 Å². The van der Waals surface area contributed by atoms with Gasteiger partial charge in [0.05, 0.1) is 0 Å². The topological polar surface area (TPSA) is 111 Å². The second kappa shape index (κ2) is 5.59. The van der Waals surface area contributed by atoms with E-state index in [0.717, 1.165) is 18.1 Å². The fourth-order valence-corrected chi connectivity index (χ4v) is 3.00. The molecule has 3 N–H and O–H groups in total. The molecule has 0 amide bonds. The summed E-state index contributed by atoms with van der Waals surface area (Å²) in [7, 11) is 0. The van der Waals surface area contributed by atoms with Crippen LogP contribution in [0.2, 0.25) is 0 Å². The summed E-state index contributed by atoms with van der Waals surface area (Å²) in [5.74, 6) is 8.85. The largest absolute Gasteiger partial charge is 0.336 e. The van der Waals surface area contributed by atoms with E-state index in [1.54, 1.807) is 0 Å². The first-order valence-corrected chi connectivity index (χ1v) is 7.35. The van der Waals surface area contributed by atoms with E-state index in [1.165, 1.54) is 17.3 Å². The lowest BCUT2D eigenvalue weighted by molar-refractivity contribution is 0.668. The Balaban J connectivity index is 1.99. The maximum Gasteiger partial charge on any atom is 0.258 e. The molecule has 1 aliphatic heterocycles. The van der Waals surface area contributed by atoms with Gasteiger partial charge in [-0.15, -0.1) is 0 Å². The summed E-state index contributed by atoms with van der Waals surface area (Å²) in [6, 6.07) is 0.366. The second-order valence-electron chi connectivity index (χ2n) is 4.36. The Bertz CT molecular complexity index is 572. The molecule has 20 heavy (non-hydrogen) atoms. The summed E-state index contributed by atoms with van der Waals surface area (Å²) in [4.78, 5) is 19.0. The van der Waals surface area contributed by atoms with E-state index >= 15 is 0 Å². The zero-order valence-corrected chi connectivity index (χ0v) is 11.8. The number of hydrazine groups is 1. The highest BCUT2D eigenvalue weighted by molar-refractivity contribution is 7.99. The Morgan fingerprint density at radius 2 is 2.20 bits per heavy atom. The summed E-state index contributed by atoms with van der Waals surface area (Å²) in [5.41, 5.74) is 2.47. The van der Waals surface area contributed by atoms with Crippen molar-refractivity contribution < 1.29 is 0 Å². The number of rotatable bonds is 3. The molecule has 1 unspecified atom stereocenters. The highest BCUT2D eigenvalue weighted by atomic mass is 32.2. The standard InChI is InChI=1S/C10H15N9S/c1-7-4-20-3-2-18(7)9-14-8(17-11)15-10(16-9)19-6-12-5-13-19/h5-7H,2-4,11H2,1H3,(H,14,15,16,17). The molecule has 2 aromatic heterocycles. The molecule has 0 aromatic carbocycles. The molecule has 1 aliphatic rings. The molecule has 0 bridgehead atoms. The van der Waals surface area contributed by atoms with Gasteiger partial charge in [-0.3, -0.25) is 5.43 Å². The van der Waals surface area contributed by atoms with Crippen molar-refractivity contribution in [1.29, 1.82) is 0 Å². The van der Waals surface area contributed by atoms with Crippen LogP contribution < -0.4 is 16.2 Å². The number of nitrogens with one attached hydrogen (secondary N) is 1. The van der Waals surface area contributed by atoms with Gasteiger partial charge in [-0.2, -0.15) is 36.5 Å². The van der Waals surface area contributed by atoms with Crippen molar-refractivity contribution >= 4 is 23.7 Å². The molecule has 9 nitrogen and oxygen atoms in total. The van der Waals surface area contributed by atoms with E-state index in [9.17, 15) is 0 Å². The number of hydrogen-bond donors (Lipinski definition) is 2. The van der Waals surface area contributed by atoms with Crippen LogP contribution in [-0.2, 0) is 0 Å². The van der Waals surface area contributed by atoms with Crippen molar-refractivity contribution in [2.45, 2.75) is 13.0 Å². The number of anilines is 2. The van der Waals surface area contributed by atoms with Crippen molar-refractivity contribution in [2.75, 3.05) is 28.4 Å². The van der Waals surface area contributed by atoms with Crippen molar-refractivity contribution in [3.05, 3.63) is 12.7 Å². The Kier molecular flexibility index (Phi) is 3.65. The molecule has 1 atom stereocenters. The van der Waals surface area contributed by atoms with Crippen LogP contribution in [0.4, 0.5) is 11.9 Å². The van der Waals surface area contributed by atoms with Gasteiger partial charge >= 0.3 is 0 Å². The maximum atomic E-state index is 5.43. The van der Waals surface area contributed by atoms with Crippen LogP contribution in [0.25, 0.3) is 5.95 Å². The van der Waals surface area contributed by atoms with E-state index in [4.69, 9.17) is 5.84 Å². The Morgan fingerprint density at radius 1 is 1.35 bits per heavy atom. The molecule has 0 radical (unpaired) electrons. The first kappa shape index (κ1) is 13.1. The molecule has 106 valence electrons. The number of nitrogens with zero attached hydrogens (tertiary/aromatic N) is 7. The fourth-order valence-electron chi connectivity index (χ4n) is 1.99. The number of nitrogens with two attached hydrogens (primary N) is 1. The van der Waals surface area contributed by atoms with E-state index in [-0.39, 0.29) is 0 Å². The third-order valence-corrected chi connectivity index (χ3v) is 4.18. The molecular weight excluding hydrogens is 278 g/mol. The molecule has 0 saturated carbocycles. The quantitative estimate of drug-likeness (QED) is 0.581. The van der Waals surface area contributed by atoms with E-state index in [1.807, 2.05) is 11.8 Å². The van der Waals surface area contributed by atoms with Crippen molar-refractivity contribution in [3.63, 3.8) is 0 Å². The molecular formula is C10H15N9S. The predicted octanol–water partition coefficient (Wildman–Crippen LogP) is -0.320. The Morgan fingerprint density at radius 3 is 2.90 bits per heavy atom. The lowest BCUT2D eigenvalue weighted by atomic mass is 10.3. The SMILES string of the molecule is CC1CSCCN1c1nc(NN)nc(-n2cncn2)n1. The summed E-state index contributed by atoms with van der Waals surface area (Å²) >= 11 is 1.93. The highest BCUT2D eigenvalue weighted by Crippen LogP contribution is 2.21. The van der Waals surface area contributed by atoms with Crippen LogP contribution in [0.3, 0.4) is 0 Å². The van der Waals surface area contributed by atoms with Crippen LogP contribution in [0.15, 0.2) is 12.7 Å². The maximum absolute atomic E-state index is 5.43. The molecule has 3 rings (SSSR count). The molecule has 2 aromatic rings. The van der Waals surface area contributed by atoms with Crippen molar-refractivity contribution in [3.8, 4) is 5.95 Å². The average Bonchev–Trinajstić information content (AvgIpc) is 3.01. The van der Waals surface area contributed by atoms with Crippen molar-refractivity contribution in [2.24, 2.45) is 5.84 Å². The predicted molar refractivity (Wildman–Crippen MR) is 76.7 cm³/mol. The minimum Gasteiger partial charge on any atom is -0.336 e. The Hall–Kier alpha value is -1.94. The number of nitrogen functional groups attached to an aromatic ring is 1. The van der Waals surface area contributed by atoms with Crippen LogP contribution in [0, 0.1) is 0 Å². The summed E-state index contributed by atoms with van der Waals surface area (Å²) < 4.78 is 1.48. The monoisotopic (exact) mass is 293 g/mol. The molecule has 0 aliphatic carbocycles.